The van der Waals surface area contributed by atoms with Gasteiger partial charge in [-0.05, 0) is 56.7 Å². The van der Waals surface area contributed by atoms with Crippen LogP contribution < -0.4 is 5.32 Å². The SMILES string of the molecule is Cc1nc([C@@H]2CCCCN2C(=O)C2CCCCC2)ncc1C(=O)NCc1ccc(F)cc1. The van der Waals surface area contributed by atoms with Gasteiger partial charge in [0.05, 0.1) is 17.3 Å². The van der Waals surface area contributed by atoms with Gasteiger partial charge in [0, 0.05) is 25.2 Å². The summed E-state index contributed by atoms with van der Waals surface area (Å²) in [6.07, 6.45) is 9.92. The van der Waals surface area contributed by atoms with Gasteiger partial charge >= 0.3 is 0 Å². The molecule has 2 heterocycles. The van der Waals surface area contributed by atoms with Gasteiger partial charge in [-0.15, -0.1) is 0 Å². The molecule has 32 heavy (non-hydrogen) atoms. The fraction of sp³-hybridized carbons (Fsp3) is 0.520. The highest BCUT2D eigenvalue weighted by Gasteiger charge is 2.34. The van der Waals surface area contributed by atoms with Gasteiger partial charge < -0.3 is 10.2 Å². The van der Waals surface area contributed by atoms with Crippen molar-refractivity contribution in [1.82, 2.24) is 20.2 Å². The summed E-state index contributed by atoms with van der Waals surface area (Å²) in [5.41, 5.74) is 1.83. The lowest BCUT2D eigenvalue weighted by Crippen LogP contribution is -2.43. The van der Waals surface area contributed by atoms with E-state index in [-0.39, 0.29) is 29.6 Å². The molecule has 0 spiro atoms. The number of benzene rings is 1. The number of amides is 2. The van der Waals surface area contributed by atoms with Crippen LogP contribution in [0.5, 0.6) is 0 Å². The number of piperidine rings is 1. The first kappa shape index (κ1) is 22.4. The molecule has 2 aromatic rings. The number of aryl methyl sites for hydroxylation is 1. The number of hydrogen-bond donors (Lipinski definition) is 1. The van der Waals surface area contributed by atoms with Gasteiger partial charge in [-0.3, -0.25) is 9.59 Å². The third kappa shape index (κ3) is 5.14. The third-order valence-electron chi connectivity index (χ3n) is 6.65. The third-order valence-corrected chi connectivity index (χ3v) is 6.65. The Kier molecular flexibility index (Phi) is 7.12. The van der Waals surface area contributed by atoms with Gasteiger partial charge in [0.1, 0.15) is 5.82 Å². The molecular weight excluding hydrogens is 407 g/mol. The minimum absolute atomic E-state index is 0.117. The maximum absolute atomic E-state index is 13.2. The Balaban J connectivity index is 1.45. The molecule has 1 aliphatic heterocycles. The van der Waals surface area contributed by atoms with E-state index in [1.165, 1.54) is 18.6 Å². The highest BCUT2D eigenvalue weighted by molar-refractivity contribution is 5.94. The fourth-order valence-corrected chi connectivity index (χ4v) is 4.80. The van der Waals surface area contributed by atoms with Crippen LogP contribution in [0.3, 0.4) is 0 Å². The predicted octanol–water partition coefficient (Wildman–Crippen LogP) is 4.49. The predicted molar refractivity (Wildman–Crippen MR) is 119 cm³/mol. The number of halogens is 1. The minimum atomic E-state index is -0.307. The van der Waals surface area contributed by atoms with E-state index >= 15 is 0 Å². The van der Waals surface area contributed by atoms with E-state index in [1.807, 2.05) is 4.90 Å². The van der Waals surface area contributed by atoms with E-state index in [9.17, 15) is 14.0 Å². The average Bonchev–Trinajstić information content (AvgIpc) is 2.83. The molecule has 0 radical (unpaired) electrons. The van der Waals surface area contributed by atoms with E-state index < -0.39 is 0 Å². The average molecular weight is 439 g/mol. The van der Waals surface area contributed by atoms with Crippen LogP contribution in [0.15, 0.2) is 30.5 Å². The molecule has 2 aliphatic rings. The molecule has 1 N–H and O–H groups in total. The number of nitrogens with one attached hydrogen (secondary N) is 1. The molecule has 7 heteroatoms. The lowest BCUT2D eigenvalue weighted by Gasteiger charge is -2.38. The van der Waals surface area contributed by atoms with Gasteiger partial charge in [0.25, 0.3) is 5.91 Å². The zero-order chi connectivity index (χ0) is 22.5. The standard InChI is InChI=1S/C25H31FN4O2/c1-17-21(24(31)28-15-18-10-12-20(26)13-11-18)16-27-23(29-17)22-9-5-6-14-30(22)25(32)19-7-3-2-4-8-19/h10-13,16,19,22H,2-9,14-15H2,1H3,(H,28,31)/t22-/m0/s1. The van der Waals surface area contributed by atoms with E-state index in [2.05, 4.69) is 15.3 Å². The lowest BCUT2D eigenvalue weighted by molar-refractivity contribution is -0.140. The van der Waals surface area contributed by atoms with E-state index in [0.29, 0.717) is 23.6 Å². The van der Waals surface area contributed by atoms with Crippen LogP contribution in [-0.4, -0.2) is 33.2 Å². The van der Waals surface area contributed by atoms with Crippen molar-refractivity contribution in [1.29, 1.82) is 0 Å². The van der Waals surface area contributed by atoms with Crippen LogP contribution >= 0.6 is 0 Å². The van der Waals surface area contributed by atoms with Gasteiger partial charge in [-0.2, -0.15) is 0 Å². The molecule has 2 fully saturated rings. The van der Waals surface area contributed by atoms with Gasteiger partial charge in [-0.25, -0.2) is 14.4 Å². The zero-order valence-corrected chi connectivity index (χ0v) is 18.6. The summed E-state index contributed by atoms with van der Waals surface area (Å²) in [5, 5.41) is 2.84. The highest BCUT2D eigenvalue weighted by Crippen LogP contribution is 2.33. The Morgan fingerprint density at radius 2 is 1.78 bits per heavy atom. The van der Waals surface area contributed by atoms with Crippen molar-refractivity contribution < 1.29 is 14.0 Å². The Bertz CT molecular complexity index is 957. The van der Waals surface area contributed by atoms with Crippen molar-refractivity contribution in [2.45, 2.75) is 70.9 Å². The summed E-state index contributed by atoms with van der Waals surface area (Å²) in [7, 11) is 0. The van der Waals surface area contributed by atoms with Crippen molar-refractivity contribution in [3.63, 3.8) is 0 Å². The molecule has 1 saturated carbocycles. The van der Waals surface area contributed by atoms with Gasteiger partial charge in [0.15, 0.2) is 5.82 Å². The van der Waals surface area contributed by atoms with Gasteiger partial charge in [-0.1, -0.05) is 31.4 Å². The van der Waals surface area contributed by atoms with Crippen LogP contribution in [0.4, 0.5) is 4.39 Å². The van der Waals surface area contributed by atoms with Crippen LogP contribution in [0.1, 0.15) is 84.8 Å². The molecule has 1 atom stereocenters. The van der Waals surface area contributed by atoms with Crippen LogP contribution in [-0.2, 0) is 11.3 Å². The van der Waals surface area contributed by atoms with Crippen molar-refractivity contribution in [3.8, 4) is 0 Å². The van der Waals surface area contributed by atoms with E-state index in [0.717, 1.165) is 57.1 Å². The van der Waals surface area contributed by atoms with Crippen LogP contribution in [0.2, 0.25) is 0 Å². The summed E-state index contributed by atoms with van der Waals surface area (Å²) >= 11 is 0. The summed E-state index contributed by atoms with van der Waals surface area (Å²) in [6, 6.07) is 5.91. The van der Waals surface area contributed by atoms with Crippen molar-refractivity contribution in [3.05, 3.63) is 58.9 Å². The monoisotopic (exact) mass is 438 g/mol. The summed E-state index contributed by atoms with van der Waals surface area (Å²) in [4.78, 5) is 37.0. The first-order valence-corrected chi connectivity index (χ1v) is 11.7. The van der Waals surface area contributed by atoms with Crippen LogP contribution in [0, 0.1) is 18.7 Å². The molecule has 0 unspecified atom stereocenters. The molecule has 2 amide bonds. The number of rotatable bonds is 5. The number of carbonyl (C=O) groups is 2. The Morgan fingerprint density at radius 1 is 1.06 bits per heavy atom. The maximum atomic E-state index is 13.2. The second-order valence-corrected chi connectivity index (χ2v) is 8.91. The summed E-state index contributed by atoms with van der Waals surface area (Å²) < 4.78 is 13.0. The van der Waals surface area contributed by atoms with Crippen molar-refractivity contribution >= 4 is 11.8 Å². The first-order valence-electron chi connectivity index (χ1n) is 11.7. The van der Waals surface area contributed by atoms with E-state index in [4.69, 9.17) is 0 Å². The van der Waals surface area contributed by atoms with Crippen molar-refractivity contribution in [2.24, 2.45) is 5.92 Å². The highest BCUT2D eigenvalue weighted by atomic mass is 19.1. The molecule has 1 aromatic heterocycles. The van der Waals surface area contributed by atoms with Gasteiger partial charge in [0.2, 0.25) is 5.91 Å². The minimum Gasteiger partial charge on any atom is -0.348 e. The molecule has 1 aromatic carbocycles. The Morgan fingerprint density at radius 3 is 2.50 bits per heavy atom. The second kappa shape index (κ2) is 10.2. The lowest BCUT2D eigenvalue weighted by atomic mass is 9.87. The Labute approximate surface area is 188 Å². The topological polar surface area (TPSA) is 75.2 Å². The number of nitrogens with zero attached hydrogens (tertiary/aromatic N) is 3. The second-order valence-electron chi connectivity index (χ2n) is 8.91. The number of carbonyl (C=O) groups excluding carboxylic acids is 2. The molecular formula is C25H31FN4O2. The molecule has 6 nitrogen and oxygen atoms in total. The van der Waals surface area contributed by atoms with Crippen molar-refractivity contribution in [2.75, 3.05) is 6.54 Å². The molecule has 170 valence electrons. The molecule has 0 bridgehead atoms. The maximum Gasteiger partial charge on any atom is 0.254 e. The van der Waals surface area contributed by atoms with Crippen LogP contribution in [0.25, 0.3) is 0 Å². The first-order chi connectivity index (χ1) is 15.5. The molecule has 4 rings (SSSR count). The fourth-order valence-electron chi connectivity index (χ4n) is 4.80. The summed E-state index contributed by atoms with van der Waals surface area (Å²) in [5.74, 6) is 0.427. The Hall–Kier alpha value is -2.83. The zero-order valence-electron chi connectivity index (χ0n) is 18.6. The number of hydrogen-bond acceptors (Lipinski definition) is 4. The number of aromatic nitrogens is 2. The normalized spacial score (nSPS) is 19.6. The molecule has 1 saturated heterocycles. The van der Waals surface area contributed by atoms with E-state index in [1.54, 1.807) is 25.3 Å². The smallest absolute Gasteiger partial charge is 0.254 e. The largest absolute Gasteiger partial charge is 0.348 e. The quantitative estimate of drug-likeness (QED) is 0.746. The number of likely N-dealkylation sites (tertiary alicyclic amines) is 1. The summed E-state index contributed by atoms with van der Waals surface area (Å²) in [6.45, 7) is 2.85. The molecule has 1 aliphatic carbocycles.